The SMILES string of the molecule is O=C(CNC(=O)c1ccccc1)N/N=C/c1ccccc1O. The molecule has 0 aliphatic heterocycles. The van der Waals surface area contributed by atoms with Crippen LogP contribution in [0.5, 0.6) is 5.75 Å². The molecule has 0 atom stereocenters. The lowest BCUT2D eigenvalue weighted by atomic mass is 10.2. The van der Waals surface area contributed by atoms with Crippen molar-refractivity contribution in [1.82, 2.24) is 10.7 Å². The van der Waals surface area contributed by atoms with E-state index in [9.17, 15) is 14.7 Å². The molecular formula is C16H15N3O3. The van der Waals surface area contributed by atoms with Crippen LogP contribution in [0, 0.1) is 0 Å². The lowest BCUT2D eigenvalue weighted by Gasteiger charge is -2.04. The summed E-state index contributed by atoms with van der Waals surface area (Å²) >= 11 is 0. The zero-order valence-electron chi connectivity index (χ0n) is 11.7. The number of nitrogens with zero attached hydrogens (tertiary/aromatic N) is 1. The number of phenolic OH excluding ortho intramolecular Hbond substituents is 1. The van der Waals surface area contributed by atoms with Gasteiger partial charge in [-0.25, -0.2) is 5.43 Å². The molecule has 0 bridgehead atoms. The van der Waals surface area contributed by atoms with Crippen molar-refractivity contribution < 1.29 is 14.7 Å². The Morgan fingerprint density at radius 2 is 1.73 bits per heavy atom. The lowest BCUT2D eigenvalue weighted by Crippen LogP contribution is -2.34. The van der Waals surface area contributed by atoms with Crippen LogP contribution in [0.25, 0.3) is 0 Å². The predicted octanol–water partition coefficient (Wildman–Crippen LogP) is 1.27. The van der Waals surface area contributed by atoms with E-state index in [1.54, 1.807) is 48.5 Å². The maximum absolute atomic E-state index is 11.7. The molecule has 2 rings (SSSR count). The van der Waals surface area contributed by atoms with Gasteiger partial charge >= 0.3 is 0 Å². The van der Waals surface area contributed by atoms with Gasteiger partial charge in [-0.1, -0.05) is 30.3 Å². The van der Waals surface area contributed by atoms with Gasteiger partial charge in [0.2, 0.25) is 0 Å². The summed E-state index contributed by atoms with van der Waals surface area (Å²) in [6.07, 6.45) is 1.33. The fraction of sp³-hybridized carbons (Fsp3) is 0.0625. The normalized spacial score (nSPS) is 10.4. The molecule has 0 radical (unpaired) electrons. The largest absolute Gasteiger partial charge is 0.507 e. The number of para-hydroxylation sites is 1. The Morgan fingerprint density at radius 3 is 2.45 bits per heavy atom. The summed E-state index contributed by atoms with van der Waals surface area (Å²) in [5.41, 5.74) is 3.23. The summed E-state index contributed by atoms with van der Waals surface area (Å²) in [6.45, 7) is -0.189. The van der Waals surface area contributed by atoms with Gasteiger partial charge in [0.25, 0.3) is 11.8 Å². The molecule has 0 fully saturated rings. The molecule has 0 heterocycles. The van der Waals surface area contributed by atoms with E-state index in [0.29, 0.717) is 11.1 Å². The summed E-state index contributed by atoms with van der Waals surface area (Å²) in [7, 11) is 0. The summed E-state index contributed by atoms with van der Waals surface area (Å²) in [5.74, 6) is -0.728. The molecule has 0 unspecified atom stereocenters. The number of aromatic hydroxyl groups is 1. The van der Waals surface area contributed by atoms with Gasteiger partial charge in [-0.2, -0.15) is 5.10 Å². The van der Waals surface area contributed by atoms with Crippen molar-refractivity contribution in [2.75, 3.05) is 6.54 Å². The van der Waals surface area contributed by atoms with Gasteiger partial charge < -0.3 is 10.4 Å². The molecule has 6 heteroatoms. The van der Waals surface area contributed by atoms with Gasteiger partial charge in [0.05, 0.1) is 12.8 Å². The quantitative estimate of drug-likeness (QED) is 0.573. The second-order valence-electron chi connectivity index (χ2n) is 4.40. The van der Waals surface area contributed by atoms with Gasteiger partial charge in [0.1, 0.15) is 5.75 Å². The monoisotopic (exact) mass is 297 g/mol. The van der Waals surface area contributed by atoms with E-state index in [2.05, 4.69) is 15.8 Å². The standard InChI is InChI=1S/C16H15N3O3/c20-14-9-5-4-8-13(14)10-18-19-15(21)11-17-16(22)12-6-2-1-3-7-12/h1-10,20H,11H2,(H,17,22)(H,19,21)/b18-10+. The first-order valence-corrected chi connectivity index (χ1v) is 6.60. The first kappa shape index (κ1) is 15.2. The topological polar surface area (TPSA) is 90.8 Å². The molecule has 0 aliphatic carbocycles. The highest BCUT2D eigenvalue weighted by Crippen LogP contribution is 2.12. The van der Waals surface area contributed by atoms with E-state index in [1.807, 2.05) is 0 Å². The van der Waals surface area contributed by atoms with Crippen LogP contribution in [0.15, 0.2) is 59.7 Å². The Hall–Kier alpha value is -3.15. The number of hydrogen-bond acceptors (Lipinski definition) is 4. The number of carbonyl (C=O) groups is 2. The molecule has 0 aromatic heterocycles. The maximum atomic E-state index is 11.7. The maximum Gasteiger partial charge on any atom is 0.259 e. The van der Waals surface area contributed by atoms with Crippen LogP contribution >= 0.6 is 0 Å². The Bertz CT molecular complexity index is 684. The second-order valence-corrected chi connectivity index (χ2v) is 4.40. The summed E-state index contributed by atoms with van der Waals surface area (Å²) in [6, 6.07) is 15.2. The molecular weight excluding hydrogens is 282 g/mol. The minimum Gasteiger partial charge on any atom is -0.507 e. The van der Waals surface area contributed by atoms with E-state index < -0.39 is 5.91 Å². The molecule has 0 saturated heterocycles. The minimum atomic E-state index is -0.462. The van der Waals surface area contributed by atoms with Crippen LogP contribution < -0.4 is 10.7 Å². The number of benzene rings is 2. The molecule has 112 valence electrons. The van der Waals surface area contributed by atoms with Crippen LogP contribution in [0.3, 0.4) is 0 Å². The van der Waals surface area contributed by atoms with Gasteiger partial charge in [0, 0.05) is 11.1 Å². The average molecular weight is 297 g/mol. The zero-order valence-corrected chi connectivity index (χ0v) is 11.7. The smallest absolute Gasteiger partial charge is 0.259 e. The van der Waals surface area contributed by atoms with Gasteiger partial charge in [-0.3, -0.25) is 9.59 Å². The highest BCUT2D eigenvalue weighted by molar-refractivity contribution is 5.96. The highest BCUT2D eigenvalue weighted by Gasteiger charge is 2.06. The molecule has 22 heavy (non-hydrogen) atoms. The van der Waals surface area contributed by atoms with Crippen molar-refractivity contribution in [2.24, 2.45) is 5.10 Å². The van der Waals surface area contributed by atoms with Gasteiger partial charge in [-0.05, 0) is 24.3 Å². The first-order chi connectivity index (χ1) is 10.7. The second kappa shape index (κ2) is 7.58. The van der Waals surface area contributed by atoms with E-state index in [1.165, 1.54) is 12.3 Å². The molecule has 2 amide bonds. The molecule has 2 aromatic carbocycles. The van der Waals surface area contributed by atoms with Gasteiger partial charge in [-0.15, -0.1) is 0 Å². The fourth-order valence-electron chi connectivity index (χ4n) is 1.66. The number of carbonyl (C=O) groups excluding carboxylic acids is 2. The highest BCUT2D eigenvalue weighted by atomic mass is 16.3. The lowest BCUT2D eigenvalue weighted by molar-refractivity contribution is -0.120. The molecule has 0 saturated carbocycles. The predicted molar refractivity (Wildman–Crippen MR) is 82.6 cm³/mol. The third-order valence-electron chi connectivity index (χ3n) is 2.78. The number of rotatable bonds is 5. The number of amides is 2. The molecule has 0 spiro atoms. The van der Waals surface area contributed by atoms with Crippen molar-refractivity contribution in [1.29, 1.82) is 0 Å². The van der Waals surface area contributed by atoms with Crippen molar-refractivity contribution in [2.45, 2.75) is 0 Å². The Labute approximate surface area is 127 Å². The van der Waals surface area contributed by atoms with E-state index in [4.69, 9.17) is 0 Å². The average Bonchev–Trinajstić information content (AvgIpc) is 2.55. The van der Waals surface area contributed by atoms with Crippen LogP contribution in [-0.2, 0) is 4.79 Å². The number of hydrogen-bond donors (Lipinski definition) is 3. The minimum absolute atomic E-state index is 0.0675. The summed E-state index contributed by atoms with van der Waals surface area (Å²) < 4.78 is 0. The Kier molecular flexibility index (Phi) is 5.25. The van der Waals surface area contributed by atoms with E-state index >= 15 is 0 Å². The van der Waals surface area contributed by atoms with Crippen LogP contribution in [-0.4, -0.2) is 29.7 Å². The number of phenols is 1. The molecule has 3 N–H and O–H groups in total. The van der Waals surface area contributed by atoms with Crippen LogP contribution in [0.1, 0.15) is 15.9 Å². The Balaban J connectivity index is 1.79. The summed E-state index contributed by atoms with van der Waals surface area (Å²) in [5, 5.41) is 15.7. The van der Waals surface area contributed by atoms with Crippen LogP contribution in [0.4, 0.5) is 0 Å². The van der Waals surface area contributed by atoms with Crippen molar-refractivity contribution >= 4 is 18.0 Å². The molecule has 6 nitrogen and oxygen atoms in total. The number of nitrogens with one attached hydrogen (secondary N) is 2. The first-order valence-electron chi connectivity index (χ1n) is 6.60. The molecule has 0 aliphatic rings. The summed E-state index contributed by atoms with van der Waals surface area (Å²) in [4.78, 5) is 23.3. The zero-order chi connectivity index (χ0) is 15.8. The fourth-order valence-corrected chi connectivity index (χ4v) is 1.66. The molecule has 2 aromatic rings. The Morgan fingerprint density at radius 1 is 1.05 bits per heavy atom. The van der Waals surface area contributed by atoms with Crippen molar-refractivity contribution in [3.05, 3.63) is 65.7 Å². The number of hydrazone groups is 1. The van der Waals surface area contributed by atoms with E-state index in [0.717, 1.165) is 0 Å². The third kappa shape index (κ3) is 4.45. The van der Waals surface area contributed by atoms with Crippen molar-refractivity contribution in [3.8, 4) is 5.75 Å². The third-order valence-corrected chi connectivity index (χ3v) is 2.78. The van der Waals surface area contributed by atoms with Crippen molar-refractivity contribution in [3.63, 3.8) is 0 Å². The van der Waals surface area contributed by atoms with Crippen LogP contribution in [0.2, 0.25) is 0 Å². The van der Waals surface area contributed by atoms with E-state index in [-0.39, 0.29) is 18.2 Å². The van der Waals surface area contributed by atoms with Gasteiger partial charge in [0.15, 0.2) is 0 Å².